The Morgan fingerprint density at radius 2 is 2.50 bits per heavy atom. The minimum atomic E-state index is 0.0502. The number of aromatic nitrogens is 1. The standard InChI is InChI=1S/C12H18N2O2/c1-16-9-10-4-6-14(7-10)12-11(8-15)3-2-5-13-12/h2-3,5,10,15H,4,6-9H2,1H3. The number of ether oxygens (including phenoxy) is 1. The van der Waals surface area contributed by atoms with Crippen LogP contribution in [-0.2, 0) is 11.3 Å². The Bertz CT molecular complexity index is 344. The molecule has 1 unspecified atom stereocenters. The van der Waals surface area contributed by atoms with Crippen LogP contribution in [0.5, 0.6) is 0 Å². The summed E-state index contributed by atoms with van der Waals surface area (Å²) in [6, 6.07) is 3.78. The van der Waals surface area contributed by atoms with Gasteiger partial charge in [0.05, 0.1) is 13.2 Å². The van der Waals surface area contributed by atoms with Crippen molar-refractivity contribution in [1.82, 2.24) is 4.98 Å². The maximum atomic E-state index is 9.26. The molecule has 1 N–H and O–H groups in total. The lowest BCUT2D eigenvalue weighted by atomic mass is 10.1. The Labute approximate surface area is 95.9 Å². The zero-order valence-electron chi connectivity index (χ0n) is 9.59. The number of aliphatic hydroxyl groups is 1. The van der Waals surface area contributed by atoms with Gasteiger partial charge in [0, 0.05) is 37.9 Å². The highest BCUT2D eigenvalue weighted by Crippen LogP contribution is 2.25. The Morgan fingerprint density at radius 3 is 3.25 bits per heavy atom. The van der Waals surface area contributed by atoms with Crippen molar-refractivity contribution in [2.75, 3.05) is 31.7 Å². The predicted octanol–water partition coefficient (Wildman–Crippen LogP) is 1.05. The summed E-state index contributed by atoms with van der Waals surface area (Å²) in [5.74, 6) is 1.50. The van der Waals surface area contributed by atoms with E-state index in [1.807, 2.05) is 12.1 Å². The van der Waals surface area contributed by atoms with Crippen LogP contribution in [0.3, 0.4) is 0 Å². The summed E-state index contributed by atoms with van der Waals surface area (Å²) in [7, 11) is 1.74. The van der Waals surface area contributed by atoms with Gasteiger partial charge in [0.1, 0.15) is 5.82 Å². The van der Waals surface area contributed by atoms with Gasteiger partial charge in [0.15, 0.2) is 0 Å². The van der Waals surface area contributed by atoms with Gasteiger partial charge in [-0.2, -0.15) is 0 Å². The van der Waals surface area contributed by atoms with E-state index in [0.29, 0.717) is 5.92 Å². The molecule has 1 atom stereocenters. The fourth-order valence-corrected chi connectivity index (χ4v) is 2.24. The van der Waals surface area contributed by atoms with E-state index in [0.717, 1.165) is 37.5 Å². The predicted molar refractivity (Wildman–Crippen MR) is 62.4 cm³/mol. The monoisotopic (exact) mass is 222 g/mol. The number of hydrogen-bond acceptors (Lipinski definition) is 4. The zero-order valence-corrected chi connectivity index (χ0v) is 9.59. The van der Waals surface area contributed by atoms with E-state index in [9.17, 15) is 5.11 Å². The van der Waals surface area contributed by atoms with Gasteiger partial charge in [0.2, 0.25) is 0 Å². The van der Waals surface area contributed by atoms with Gasteiger partial charge in [-0.1, -0.05) is 6.07 Å². The van der Waals surface area contributed by atoms with E-state index in [2.05, 4.69) is 9.88 Å². The lowest BCUT2D eigenvalue weighted by Crippen LogP contribution is -2.23. The van der Waals surface area contributed by atoms with Gasteiger partial charge in [-0.05, 0) is 12.5 Å². The van der Waals surface area contributed by atoms with E-state index in [4.69, 9.17) is 4.74 Å². The van der Waals surface area contributed by atoms with Gasteiger partial charge in [-0.25, -0.2) is 4.98 Å². The molecule has 1 fully saturated rings. The summed E-state index contributed by atoms with van der Waals surface area (Å²) in [5.41, 5.74) is 0.903. The van der Waals surface area contributed by atoms with Crippen LogP contribution in [-0.4, -0.2) is 36.9 Å². The van der Waals surface area contributed by atoms with Crippen LogP contribution in [0.25, 0.3) is 0 Å². The highest BCUT2D eigenvalue weighted by atomic mass is 16.5. The van der Waals surface area contributed by atoms with Crippen molar-refractivity contribution in [3.63, 3.8) is 0 Å². The average molecular weight is 222 g/mol. The Kier molecular flexibility index (Phi) is 3.74. The SMILES string of the molecule is COCC1CCN(c2ncccc2CO)C1. The fourth-order valence-electron chi connectivity index (χ4n) is 2.24. The maximum Gasteiger partial charge on any atom is 0.134 e. The third-order valence-electron chi connectivity index (χ3n) is 3.03. The van der Waals surface area contributed by atoms with E-state index in [1.54, 1.807) is 13.3 Å². The normalized spacial score (nSPS) is 20.4. The molecule has 0 bridgehead atoms. The molecule has 2 rings (SSSR count). The molecule has 1 aliphatic rings. The van der Waals surface area contributed by atoms with Gasteiger partial charge in [-0.15, -0.1) is 0 Å². The largest absolute Gasteiger partial charge is 0.392 e. The minimum absolute atomic E-state index is 0.0502. The first-order valence-corrected chi connectivity index (χ1v) is 5.63. The van der Waals surface area contributed by atoms with Crippen molar-refractivity contribution in [3.05, 3.63) is 23.9 Å². The smallest absolute Gasteiger partial charge is 0.134 e. The maximum absolute atomic E-state index is 9.26. The topological polar surface area (TPSA) is 45.6 Å². The Balaban J connectivity index is 2.08. The molecule has 0 saturated carbocycles. The minimum Gasteiger partial charge on any atom is -0.392 e. The molecular weight excluding hydrogens is 204 g/mol. The van der Waals surface area contributed by atoms with Crippen molar-refractivity contribution in [2.24, 2.45) is 5.92 Å². The number of rotatable bonds is 4. The summed E-state index contributed by atoms with van der Waals surface area (Å²) in [6.07, 6.45) is 2.91. The molecule has 1 saturated heterocycles. The lowest BCUT2D eigenvalue weighted by molar-refractivity contribution is 0.161. The lowest BCUT2D eigenvalue weighted by Gasteiger charge is -2.19. The van der Waals surface area contributed by atoms with Crippen molar-refractivity contribution in [3.8, 4) is 0 Å². The third-order valence-corrected chi connectivity index (χ3v) is 3.03. The number of methoxy groups -OCH3 is 1. The molecular formula is C12H18N2O2. The van der Waals surface area contributed by atoms with Crippen LogP contribution in [0, 0.1) is 5.92 Å². The third kappa shape index (κ3) is 2.33. The van der Waals surface area contributed by atoms with Crippen molar-refractivity contribution in [1.29, 1.82) is 0 Å². The number of pyridine rings is 1. The molecule has 1 aliphatic heterocycles. The van der Waals surface area contributed by atoms with E-state index >= 15 is 0 Å². The fraction of sp³-hybridized carbons (Fsp3) is 0.583. The van der Waals surface area contributed by atoms with E-state index < -0.39 is 0 Å². The van der Waals surface area contributed by atoms with Gasteiger partial charge >= 0.3 is 0 Å². The molecule has 0 spiro atoms. The first-order chi connectivity index (χ1) is 7.85. The molecule has 1 aromatic rings. The van der Waals surface area contributed by atoms with Crippen molar-refractivity contribution < 1.29 is 9.84 Å². The highest BCUT2D eigenvalue weighted by molar-refractivity contribution is 5.47. The van der Waals surface area contributed by atoms with Crippen LogP contribution in [0.4, 0.5) is 5.82 Å². The second-order valence-electron chi connectivity index (χ2n) is 4.20. The second-order valence-corrected chi connectivity index (χ2v) is 4.20. The number of nitrogens with zero attached hydrogens (tertiary/aromatic N) is 2. The molecule has 4 heteroatoms. The summed E-state index contributed by atoms with van der Waals surface area (Å²) in [4.78, 5) is 6.58. The molecule has 1 aromatic heterocycles. The molecule has 0 radical (unpaired) electrons. The molecule has 16 heavy (non-hydrogen) atoms. The molecule has 88 valence electrons. The summed E-state index contributed by atoms with van der Waals surface area (Å²) >= 11 is 0. The van der Waals surface area contributed by atoms with Crippen molar-refractivity contribution in [2.45, 2.75) is 13.0 Å². The number of aliphatic hydroxyl groups excluding tert-OH is 1. The quantitative estimate of drug-likeness (QED) is 0.827. The van der Waals surface area contributed by atoms with Crippen LogP contribution in [0.15, 0.2) is 18.3 Å². The van der Waals surface area contributed by atoms with Crippen LogP contribution >= 0.6 is 0 Å². The first kappa shape index (κ1) is 11.4. The second kappa shape index (κ2) is 5.27. The molecule has 0 aliphatic carbocycles. The van der Waals surface area contributed by atoms with Crippen LogP contribution in [0.2, 0.25) is 0 Å². The van der Waals surface area contributed by atoms with Gasteiger partial charge in [0.25, 0.3) is 0 Å². The number of anilines is 1. The summed E-state index contributed by atoms with van der Waals surface area (Å²) in [5, 5.41) is 9.26. The van der Waals surface area contributed by atoms with Crippen molar-refractivity contribution >= 4 is 5.82 Å². The molecule has 2 heterocycles. The van der Waals surface area contributed by atoms with E-state index in [-0.39, 0.29) is 6.61 Å². The highest BCUT2D eigenvalue weighted by Gasteiger charge is 2.24. The zero-order chi connectivity index (χ0) is 11.4. The Hall–Kier alpha value is -1.13. The van der Waals surface area contributed by atoms with Gasteiger partial charge in [-0.3, -0.25) is 0 Å². The Morgan fingerprint density at radius 1 is 1.62 bits per heavy atom. The molecule has 4 nitrogen and oxygen atoms in total. The number of hydrogen-bond donors (Lipinski definition) is 1. The van der Waals surface area contributed by atoms with Crippen LogP contribution < -0.4 is 4.90 Å². The molecule has 0 aromatic carbocycles. The molecule has 0 amide bonds. The summed E-state index contributed by atoms with van der Waals surface area (Å²) < 4.78 is 5.17. The van der Waals surface area contributed by atoms with Gasteiger partial charge < -0.3 is 14.7 Å². The first-order valence-electron chi connectivity index (χ1n) is 5.63. The average Bonchev–Trinajstić information content (AvgIpc) is 2.78. The van der Waals surface area contributed by atoms with Crippen LogP contribution in [0.1, 0.15) is 12.0 Å². The van der Waals surface area contributed by atoms with E-state index in [1.165, 1.54) is 0 Å². The summed E-state index contributed by atoms with van der Waals surface area (Å²) in [6.45, 7) is 2.82.